The smallest absolute Gasteiger partial charge is 0.142 e. The molecule has 1 atom stereocenters. The van der Waals surface area contributed by atoms with Crippen LogP contribution in [0, 0.1) is 12.7 Å². The summed E-state index contributed by atoms with van der Waals surface area (Å²) in [4.78, 5) is 0. The molecule has 0 aromatic heterocycles. The van der Waals surface area contributed by atoms with Crippen molar-refractivity contribution in [3.8, 4) is 0 Å². The Labute approximate surface area is 123 Å². The number of hydrogen-bond acceptors (Lipinski definition) is 0. The summed E-state index contributed by atoms with van der Waals surface area (Å²) < 4.78 is 13.5. The van der Waals surface area contributed by atoms with E-state index in [2.05, 4.69) is 6.92 Å². The third kappa shape index (κ3) is 3.49. The van der Waals surface area contributed by atoms with E-state index in [4.69, 9.17) is 23.2 Å². The zero-order valence-electron chi connectivity index (χ0n) is 10.9. The molecule has 0 nitrogen and oxygen atoms in total. The van der Waals surface area contributed by atoms with Crippen molar-refractivity contribution in [2.24, 2.45) is 0 Å². The summed E-state index contributed by atoms with van der Waals surface area (Å²) in [6.07, 6.45) is 0.764. The van der Waals surface area contributed by atoms with Crippen LogP contribution in [0.15, 0.2) is 36.4 Å². The second-order valence-corrected chi connectivity index (χ2v) is 5.70. The zero-order chi connectivity index (χ0) is 14.0. The molecule has 2 aromatic carbocycles. The fourth-order valence-corrected chi connectivity index (χ4v) is 2.59. The summed E-state index contributed by atoms with van der Waals surface area (Å²) in [5.74, 6) is -0.0847. The van der Waals surface area contributed by atoms with Gasteiger partial charge in [0.05, 0.1) is 5.02 Å². The fraction of sp³-hybridized carbons (Fsp3) is 0.250. The number of aryl methyl sites for hydroxylation is 1. The van der Waals surface area contributed by atoms with E-state index in [1.165, 1.54) is 6.07 Å². The van der Waals surface area contributed by atoms with Crippen LogP contribution in [0.25, 0.3) is 0 Å². The van der Waals surface area contributed by atoms with E-state index in [0.717, 1.165) is 28.1 Å². The molecule has 0 radical (unpaired) electrons. The third-order valence-electron chi connectivity index (χ3n) is 3.32. The first-order chi connectivity index (χ1) is 8.97. The molecule has 0 bridgehead atoms. The molecule has 0 heterocycles. The average molecular weight is 297 g/mol. The predicted octanol–water partition coefficient (Wildman–Crippen LogP) is 5.79. The third-order valence-corrected chi connectivity index (χ3v) is 3.85. The molecule has 0 aliphatic heterocycles. The summed E-state index contributed by atoms with van der Waals surface area (Å²) in [5, 5.41) is 0.903. The Morgan fingerprint density at radius 3 is 2.58 bits per heavy atom. The Morgan fingerprint density at radius 2 is 1.89 bits per heavy atom. The van der Waals surface area contributed by atoms with Crippen LogP contribution in [0.4, 0.5) is 4.39 Å². The molecule has 0 spiro atoms. The van der Waals surface area contributed by atoms with Crippen molar-refractivity contribution >= 4 is 23.2 Å². The van der Waals surface area contributed by atoms with Crippen molar-refractivity contribution in [3.63, 3.8) is 0 Å². The van der Waals surface area contributed by atoms with E-state index >= 15 is 0 Å². The quantitative estimate of drug-likeness (QED) is 0.673. The molecule has 0 saturated heterocycles. The maximum absolute atomic E-state index is 13.5. The molecule has 1 unspecified atom stereocenters. The number of halogens is 3. The van der Waals surface area contributed by atoms with E-state index in [9.17, 15) is 4.39 Å². The molecule has 0 fully saturated rings. The Morgan fingerprint density at radius 1 is 1.16 bits per heavy atom. The van der Waals surface area contributed by atoms with Crippen LogP contribution >= 0.6 is 23.2 Å². The van der Waals surface area contributed by atoms with Gasteiger partial charge >= 0.3 is 0 Å². The lowest BCUT2D eigenvalue weighted by Crippen LogP contribution is -2.01. The summed E-state index contributed by atoms with van der Waals surface area (Å²) in [6, 6.07) is 11.0. The minimum atomic E-state index is -0.361. The number of hydrogen-bond donors (Lipinski definition) is 0. The van der Waals surface area contributed by atoms with E-state index in [-0.39, 0.29) is 16.8 Å². The van der Waals surface area contributed by atoms with Gasteiger partial charge in [0.25, 0.3) is 0 Å². The number of rotatable bonds is 3. The molecule has 2 rings (SSSR count). The largest absolute Gasteiger partial charge is 0.205 e. The molecular weight excluding hydrogens is 282 g/mol. The van der Waals surface area contributed by atoms with Gasteiger partial charge in [-0.1, -0.05) is 42.3 Å². The Hall–Kier alpha value is -1.05. The fourth-order valence-electron chi connectivity index (χ4n) is 2.17. The molecule has 3 heteroatoms. The highest BCUT2D eigenvalue weighted by molar-refractivity contribution is 6.31. The van der Waals surface area contributed by atoms with Gasteiger partial charge in [-0.05, 0) is 60.2 Å². The van der Waals surface area contributed by atoms with Gasteiger partial charge in [-0.25, -0.2) is 4.39 Å². The van der Waals surface area contributed by atoms with Crippen molar-refractivity contribution < 1.29 is 4.39 Å². The van der Waals surface area contributed by atoms with E-state index in [0.29, 0.717) is 0 Å². The maximum Gasteiger partial charge on any atom is 0.142 e. The normalized spacial score (nSPS) is 12.5. The highest BCUT2D eigenvalue weighted by atomic mass is 35.5. The summed E-state index contributed by atoms with van der Waals surface area (Å²) >= 11 is 11.8. The van der Waals surface area contributed by atoms with E-state index < -0.39 is 0 Å². The first kappa shape index (κ1) is 14.4. The topological polar surface area (TPSA) is 0 Å². The van der Waals surface area contributed by atoms with Gasteiger partial charge in [0.1, 0.15) is 5.82 Å². The van der Waals surface area contributed by atoms with Crippen LogP contribution in [0.3, 0.4) is 0 Å². The van der Waals surface area contributed by atoms with Crippen molar-refractivity contribution in [2.75, 3.05) is 0 Å². The van der Waals surface area contributed by atoms with Crippen molar-refractivity contribution in [3.05, 3.63) is 69.0 Å². The molecule has 2 aromatic rings. The van der Waals surface area contributed by atoms with E-state index in [1.807, 2.05) is 31.2 Å². The standard InChI is InChI=1S/C16H15Cl2F/c1-10(12-4-3-5-14(17)8-12)6-13-9-16(19)15(18)7-11(13)2/h3-5,7-10H,6H2,1-2H3. The molecule has 0 aliphatic carbocycles. The van der Waals surface area contributed by atoms with Crippen molar-refractivity contribution in [1.82, 2.24) is 0 Å². The lowest BCUT2D eigenvalue weighted by molar-refractivity contribution is 0.622. The van der Waals surface area contributed by atoms with Crippen LogP contribution in [0.1, 0.15) is 29.5 Å². The summed E-state index contributed by atoms with van der Waals surface area (Å²) in [5.41, 5.74) is 3.15. The first-order valence-corrected chi connectivity index (χ1v) is 6.93. The van der Waals surface area contributed by atoms with Gasteiger partial charge in [0.15, 0.2) is 0 Å². The van der Waals surface area contributed by atoms with Gasteiger partial charge in [-0.15, -0.1) is 0 Å². The first-order valence-electron chi connectivity index (χ1n) is 6.17. The highest BCUT2D eigenvalue weighted by Gasteiger charge is 2.11. The molecule has 100 valence electrons. The lowest BCUT2D eigenvalue weighted by Gasteiger charge is -2.14. The Bertz CT molecular complexity index is 593. The van der Waals surface area contributed by atoms with Crippen LogP contribution in [-0.2, 0) is 6.42 Å². The Kier molecular flexibility index (Phi) is 4.49. The maximum atomic E-state index is 13.5. The highest BCUT2D eigenvalue weighted by Crippen LogP contribution is 2.27. The van der Waals surface area contributed by atoms with Gasteiger partial charge in [0.2, 0.25) is 0 Å². The molecule has 0 aliphatic rings. The van der Waals surface area contributed by atoms with Crippen LogP contribution in [-0.4, -0.2) is 0 Å². The second kappa shape index (κ2) is 5.94. The average Bonchev–Trinajstić information content (AvgIpc) is 2.36. The van der Waals surface area contributed by atoms with Crippen molar-refractivity contribution in [1.29, 1.82) is 0 Å². The van der Waals surface area contributed by atoms with Gasteiger partial charge in [0, 0.05) is 5.02 Å². The molecule has 0 amide bonds. The molecule has 19 heavy (non-hydrogen) atoms. The minimum absolute atomic E-state index is 0.177. The number of benzene rings is 2. The molecule has 0 saturated carbocycles. The van der Waals surface area contributed by atoms with Gasteiger partial charge in [-0.2, -0.15) is 0 Å². The van der Waals surface area contributed by atoms with Crippen LogP contribution < -0.4 is 0 Å². The molecule has 0 N–H and O–H groups in total. The predicted molar refractivity (Wildman–Crippen MR) is 79.7 cm³/mol. The van der Waals surface area contributed by atoms with Gasteiger partial charge < -0.3 is 0 Å². The van der Waals surface area contributed by atoms with Crippen molar-refractivity contribution in [2.45, 2.75) is 26.2 Å². The van der Waals surface area contributed by atoms with Crippen LogP contribution in [0.2, 0.25) is 10.0 Å². The molecular formula is C16H15Cl2F. The van der Waals surface area contributed by atoms with Crippen LogP contribution in [0.5, 0.6) is 0 Å². The Balaban J connectivity index is 2.24. The lowest BCUT2D eigenvalue weighted by atomic mass is 9.92. The SMILES string of the molecule is Cc1cc(Cl)c(F)cc1CC(C)c1cccc(Cl)c1. The zero-order valence-corrected chi connectivity index (χ0v) is 12.4. The van der Waals surface area contributed by atoms with E-state index in [1.54, 1.807) is 6.07 Å². The summed E-state index contributed by atoms with van der Waals surface area (Å²) in [7, 11) is 0. The van der Waals surface area contributed by atoms with Gasteiger partial charge in [-0.3, -0.25) is 0 Å². The summed E-state index contributed by atoms with van der Waals surface area (Å²) in [6.45, 7) is 4.06. The second-order valence-electron chi connectivity index (χ2n) is 4.85. The monoisotopic (exact) mass is 296 g/mol. The minimum Gasteiger partial charge on any atom is -0.205 e.